The fourth-order valence-corrected chi connectivity index (χ4v) is 3.54. The van der Waals surface area contributed by atoms with Gasteiger partial charge in [0.25, 0.3) is 0 Å². The minimum absolute atomic E-state index is 0.00902. The Bertz CT molecular complexity index is 739. The van der Waals surface area contributed by atoms with Crippen molar-refractivity contribution in [2.75, 3.05) is 38.2 Å². The third kappa shape index (κ3) is 4.16. The van der Waals surface area contributed by atoms with Crippen molar-refractivity contribution in [2.24, 2.45) is 5.92 Å². The van der Waals surface area contributed by atoms with E-state index in [0.717, 1.165) is 43.9 Å². The average Bonchev–Trinajstić information content (AvgIpc) is 3.16. The monoisotopic (exact) mass is 356 g/mol. The summed E-state index contributed by atoms with van der Waals surface area (Å²) in [5, 5.41) is 2.96. The Labute approximate surface area is 152 Å². The highest BCUT2D eigenvalue weighted by Crippen LogP contribution is 2.32. The first-order chi connectivity index (χ1) is 12.8. The Hall–Kier alpha value is -2.54. The highest BCUT2D eigenvalue weighted by atomic mass is 16.6. The van der Waals surface area contributed by atoms with Gasteiger partial charge in [0.05, 0.1) is 12.9 Å². The summed E-state index contributed by atoms with van der Waals surface area (Å²) in [6.45, 7) is 4.44. The second-order valence-corrected chi connectivity index (χ2v) is 6.89. The number of imidazole rings is 1. The highest BCUT2D eigenvalue weighted by molar-refractivity contribution is 5.92. The summed E-state index contributed by atoms with van der Waals surface area (Å²) in [6, 6.07) is 5.51. The predicted octanol–water partition coefficient (Wildman–Crippen LogP) is 2.00. The highest BCUT2D eigenvalue weighted by Gasteiger charge is 2.21. The summed E-state index contributed by atoms with van der Waals surface area (Å²) in [7, 11) is 0. The number of anilines is 1. The molecule has 0 saturated carbocycles. The maximum absolute atomic E-state index is 12.3. The van der Waals surface area contributed by atoms with Gasteiger partial charge in [0.15, 0.2) is 11.5 Å². The summed E-state index contributed by atoms with van der Waals surface area (Å²) >= 11 is 0. The van der Waals surface area contributed by atoms with E-state index in [1.807, 2.05) is 36.9 Å². The zero-order chi connectivity index (χ0) is 17.8. The normalized spacial score (nSPS) is 17.8. The molecule has 0 unspecified atom stereocenters. The number of hydrogen-bond acceptors (Lipinski definition) is 5. The third-order valence-corrected chi connectivity index (χ3v) is 4.93. The Balaban J connectivity index is 1.24. The van der Waals surface area contributed by atoms with Crippen molar-refractivity contribution in [1.82, 2.24) is 14.5 Å². The number of amides is 1. The fraction of sp³-hybridized carbons (Fsp3) is 0.474. The molecule has 0 atom stereocenters. The molecule has 0 aliphatic carbocycles. The van der Waals surface area contributed by atoms with E-state index in [-0.39, 0.29) is 5.91 Å². The van der Waals surface area contributed by atoms with Crippen LogP contribution >= 0.6 is 0 Å². The lowest BCUT2D eigenvalue weighted by molar-refractivity contribution is -0.117. The molecule has 1 aromatic carbocycles. The number of nitrogens with zero attached hydrogens (tertiary/aromatic N) is 3. The minimum atomic E-state index is 0.00902. The first kappa shape index (κ1) is 16.9. The van der Waals surface area contributed by atoms with Gasteiger partial charge in [-0.3, -0.25) is 9.69 Å². The molecule has 1 N–H and O–H groups in total. The number of benzene rings is 1. The van der Waals surface area contributed by atoms with Gasteiger partial charge in [-0.2, -0.15) is 0 Å². The van der Waals surface area contributed by atoms with Crippen molar-refractivity contribution in [2.45, 2.75) is 19.4 Å². The van der Waals surface area contributed by atoms with E-state index in [4.69, 9.17) is 9.47 Å². The molecule has 138 valence electrons. The quantitative estimate of drug-likeness (QED) is 0.888. The zero-order valence-corrected chi connectivity index (χ0v) is 14.8. The van der Waals surface area contributed by atoms with Gasteiger partial charge in [0.2, 0.25) is 5.91 Å². The summed E-state index contributed by atoms with van der Waals surface area (Å²) in [4.78, 5) is 18.7. The average molecular weight is 356 g/mol. The number of fused-ring (bicyclic) bond motifs is 1. The number of aromatic nitrogens is 2. The lowest BCUT2D eigenvalue weighted by Gasteiger charge is -2.31. The maximum atomic E-state index is 12.3. The van der Waals surface area contributed by atoms with Gasteiger partial charge in [-0.1, -0.05) is 0 Å². The van der Waals surface area contributed by atoms with Gasteiger partial charge in [0.1, 0.15) is 13.2 Å². The van der Waals surface area contributed by atoms with Crippen LogP contribution < -0.4 is 14.8 Å². The molecule has 0 spiro atoms. The molecule has 0 bridgehead atoms. The first-order valence-corrected chi connectivity index (χ1v) is 9.14. The molecule has 1 fully saturated rings. The fourth-order valence-electron chi connectivity index (χ4n) is 3.54. The maximum Gasteiger partial charge on any atom is 0.238 e. The van der Waals surface area contributed by atoms with Crippen LogP contribution in [0.1, 0.15) is 12.8 Å². The van der Waals surface area contributed by atoms with Crippen LogP contribution in [-0.4, -0.2) is 53.2 Å². The third-order valence-electron chi connectivity index (χ3n) is 4.93. The van der Waals surface area contributed by atoms with Crippen molar-refractivity contribution in [1.29, 1.82) is 0 Å². The molecule has 0 radical (unpaired) electrons. The molecular weight excluding hydrogens is 332 g/mol. The molecule has 7 heteroatoms. The smallest absolute Gasteiger partial charge is 0.238 e. The van der Waals surface area contributed by atoms with Crippen LogP contribution in [0.15, 0.2) is 36.9 Å². The van der Waals surface area contributed by atoms with Crippen LogP contribution in [0.4, 0.5) is 5.69 Å². The molecule has 2 aliphatic rings. The van der Waals surface area contributed by atoms with Crippen LogP contribution in [-0.2, 0) is 11.3 Å². The molecule has 3 heterocycles. The molecule has 1 aromatic heterocycles. The molecule has 1 saturated heterocycles. The summed E-state index contributed by atoms with van der Waals surface area (Å²) < 4.78 is 13.2. The van der Waals surface area contributed by atoms with Crippen molar-refractivity contribution in [3.8, 4) is 11.5 Å². The standard InChI is InChI=1S/C19H24N4O3/c24-19(21-16-1-2-17-18(11-16)26-10-9-25-17)13-22-6-3-15(4-7-22)12-23-8-5-20-14-23/h1-2,5,8,11,14-15H,3-4,6-7,9-10,12-13H2,(H,21,24). The molecule has 7 nitrogen and oxygen atoms in total. The molecular formula is C19H24N4O3. The Morgan fingerprint density at radius 2 is 2.00 bits per heavy atom. The van der Waals surface area contributed by atoms with Gasteiger partial charge in [-0.25, -0.2) is 4.98 Å². The van der Waals surface area contributed by atoms with Gasteiger partial charge in [-0.15, -0.1) is 0 Å². The van der Waals surface area contributed by atoms with Crippen LogP contribution in [0.5, 0.6) is 11.5 Å². The van der Waals surface area contributed by atoms with Crippen LogP contribution in [0.3, 0.4) is 0 Å². The number of ether oxygens (including phenoxy) is 2. The van der Waals surface area contributed by atoms with E-state index >= 15 is 0 Å². The summed E-state index contributed by atoms with van der Waals surface area (Å²) in [5.74, 6) is 2.08. The molecule has 2 aromatic rings. The van der Waals surface area contributed by atoms with Crippen molar-refractivity contribution >= 4 is 11.6 Å². The largest absolute Gasteiger partial charge is 0.486 e. The lowest BCUT2D eigenvalue weighted by Crippen LogP contribution is -2.39. The van der Waals surface area contributed by atoms with Crippen LogP contribution in [0, 0.1) is 5.92 Å². The van der Waals surface area contributed by atoms with E-state index in [2.05, 4.69) is 19.8 Å². The summed E-state index contributed by atoms with van der Waals surface area (Å²) in [6.07, 6.45) is 7.91. The summed E-state index contributed by atoms with van der Waals surface area (Å²) in [5.41, 5.74) is 0.745. The van der Waals surface area contributed by atoms with Gasteiger partial charge in [0, 0.05) is 30.7 Å². The molecule has 4 rings (SSSR count). The van der Waals surface area contributed by atoms with Crippen LogP contribution in [0.2, 0.25) is 0 Å². The number of likely N-dealkylation sites (tertiary alicyclic amines) is 1. The van der Waals surface area contributed by atoms with Gasteiger partial charge >= 0.3 is 0 Å². The zero-order valence-electron chi connectivity index (χ0n) is 14.8. The van der Waals surface area contributed by atoms with E-state index in [1.165, 1.54) is 0 Å². The number of hydrogen-bond donors (Lipinski definition) is 1. The second kappa shape index (κ2) is 7.78. The Kier molecular flexibility index (Phi) is 5.06. The SMILES string of the molecule is O=C(CN1CCC(Cn2ccnc2)CC1)Nc1ccc2c(c1)OCCO2. The second-order valence-electron chi connectivity index (χ2n) is 6.89. The Morgan fingerprint density at radius 1 is 1.19 bits per heavy atom. The van der Waals surface area contributed by atoms with E-state index in [0.29, 0.717) is 31.4 Å². The number of rotatable bonds is 5. The number of piperidine rings is 1. The first-order valence-electron chi connectivity index (χ1n) is 9.14. The van der Waals surface area contributed by atoms with E-state index < -0.39 is 0 Å². The molecule has 1 amide bonds. The molecule has 26 heavy (non-hydrogen) atoms. The van der Waals surface area contributed by atoms with Crippen molar-refractivity contribution in [3.05, 3.63) is 36.9 Å². The van der Waals surface area contributed by atoms with Crippen molar-refractivity contribution in [3.63, 3.8) is 0 Å². The predicted molar refractivity (Wildman–Crippen MR) is 97.5 cm³/mol. The van der Waals surface area contributed by atoms with E-state index in [9.17, 15) is 4.79 Å². The lowest BCUT2D eigenvalue weighted by atomic mass is 9.97. The number of carbonyl (C=O) groups is 1. The van der Waals surface area contributed by atoms with Crippen LogP contribution in [0.25, 0.3) is 0 Å². The Morgan fingerprint density at radius 3 is 2.77 bits per heavy atom. The minimum Gasteiger partial charge on any atom is -0.486 e. The molecule has 2 aliphatic heterocycles. The van der Waals surface area contributed by atoms with Gasteiger partial charge in [-0.05, 0) is 44.0 Å². The van der Waals surface area contributed by atoms with E-state index in [1.54, 1.807) is 0 Å². The van der Waals surface area contributed by atoms with Gasteiger partial charge < -0.3 is 19.4 Å². The number of carbonyl (C=O) groups excluding carboxylic acids is 1. The topological polar surface area (TPSA) is 68.6 Å². The van der Waals surface area contributed by atoms with Crippen molar-refractivity contribution < 1.29 is 14.3 Å². The number of nitrogens with one attached hydrogen (secondary N) is 1.